The molecule has 4 nitrogen and oxygen atoms in total. The van der Waals surface area contributed by atoms with Gasteiger partial charge in [-0.1, -0.05) is 32.6 Å². The maximum Gasteiger partial charge on any atom is 0.210 e. The lowest BCUT2D eigenvalue weighted by Crippen LogP contribution is -2.34. The van der Waals surface area contributed by atoms with Crippen LogP contribution >= 0.6 is 0 Å². The van der Waals surface area contributed by atoms with Gasteiger partial charge in [0.1, 0.15) is 0 Å². The molecule has 0 saturated heterocycles. The molecule has 0 heterocycles. The third-order valence-electron chi connectivity index (χ3n) is 3.60. The molecule has 0 aromatic heterocycles. The molecule has 0 aliphatic heterocycles. The zero-order valence-corrected chi connectivity index (χ0v) is 11.6. The van der Waals surface area contributed by atoms with Gasteiger partial charge in [0.25, 0.3) is 0 Å². The molecule has 2 atom stereocenters. The lowest BCUT2D eigenvalue weighted by atomic mass is 9.95. The lowest BCUT2D eigenvalue weighted by Gasteiger charge is -2.16. The van der Waals surface area contributed by atoms with Gasteiger partial charge in [0.2, 0.25) is 10.0 Å². The van der Waals surface area contributed by atoms with Crippen LogP contribution in [0, 0.1) is 5.92 Å². The Labute approximate surface area is 105 Å². The van der Waals surface area contributed by atoms with Crippen LogP contribution in [0.3, 0.4) is 0 Å². The predicted octanol–water partition coefficient (Wildman–Crippen LogP) is 1.61. The Bertz CT molecular complexity index is 304. The number of primary sulfonamides is 1. The van der Waals surface area contributed by atoms with Crippen LogP contribution in [0.4, 0.5) is 0 Å². The Hall–Kier alpha value is -0.130. The van der Waals surface area contributed by atoms with Gasteiger partial charge in [0.05, 0.1) is 5.75 Å². The fourth-order valence-corrected chi connectivity index (χ4v) is 3.09. The Morgan fingerprint density at radius 3 is 2.65 bits per heavy atom. The van der Waals surface area contributed by atoms with Crippen molar-refractivity contribution in [3.8, 4) is 0 Å². The Morgan fingerprint density at radius 1 is 1.24 bits per heavy atom. The first-order chi connectivity index (χ1) is 8.01. The minimum atomic E-state index is -3.32. The molecular weight excluding hydrogens is 236 g/mol. The molecule has 102 valence electrons. The molecule has 1 saturated carbocycles. The minimum Gasteiger partial charge on any atom is -0.313 e. The molecule has 1 aliphatic carbocycles. The summed E-state index contributed by atoms with van der Waals surface area (Å²) in [6.45, 7) is 2.73. The second-order valence-corrected chi connectivity index (χ2v) is 6.91. The summed E-state index contributed by atoms with van der Waals surface area (Å²) < 4.78 is 21.6. The van der Waals surface area contributed by atoms with Gasteiger partial charge in [0.15, 0.2) is 0 Å². The molecule has 0 radical (unpaired) electrons. The highest BCUT2D eigenvalue weighted by molar-refractivity contribution is 7.89. The van der Waals surface area contributed by atoms with Gasteiger partial charge in [-0.3, -0.25) is 0 Å². The molecule has 0 bridgehead atoms. The number of hydrogen-bond donors (Lipinski definition) is 2. The smallest absolute Gasteiger partial charge is 0.210 e. The average Bonchev–Trinajstić information content (AvgIpc) is 2.43. The summed E-state index contributed by atoms with van der Waals surface area (Å²) in [5, 5.41) is 8.30. The van der Waals surface area contributed by atoms with Crippen LogP contribution in [0.15, 0.2) is 0 Å². The van der Waals surface area contributed by atoms with E-state index in [1.807, 2.05) is 0 Å². The third kappa shape index (κ3) is 7.01. The largest absolute Gasteiger partial charge is 0.313 e. The summed E-state index contributed by atoms with van der Waals surface area (Å²) in [5.74, 6) is 0.923. The van der Waals surface area contributed by atoms with Crippen molar-refractivity contribution in [3.05, 3.63) is 0 Å². The van der Waals surface area contributed by atoms with Crippen molar-refractivity contribution in [2.45, 2.75) is 57.9 Å². The lowest BCUT2D eigenvalue weighted by molar-refractivity contribution is 0.412. The van der Waals surface area contributed by atoms with Crippen molar-refractivity contribution in [2.75, 3.05) is 12.3 Å². The third-order valence-corrected chi connectivity index (χ3v) is 4.38. The van der Waals surface area contributed by atoms with E-state index >= 15 is 0 Å². The van der Waals surface area contributed by atoms with Crippen molar-refractivity contribution >= 4 is 10.0 Å². The van der Waals surface area contributed by atoms with Crippen molar-refractivity contribution in [1.82, 2.24) is 5.32 Å². The molecule has 5 heteroatoms. The zero-order chi connectivity index (χ0) is 12.7. The van der Waals surface area contributed by atoms with Crippen LogP contribution in [0.2, 0.25) is 0 Å². The minimum absolute atomic E-state index is 0.0435. The van der Waals surface area contributed by atoms with Gasteiger partial charge in [-0.25, -0.2) is 13.6 Å². The normalized spacial score (nSPS) is 26.7. The Balaban J connectivity index is 2.22. The highest BCUT2D eigenvalue weighted by Gasteiger charge is 2.18. The molecule has 0 spiro atoms. The van der Waals surface area contributed by atoms with Gasteiger partial charge in [0, 0.05) is 12.6 Å². The van der Waals surface area contributed by atoms with Crippen LogP contribution in [0.25, 0.3) is 0 Å². The van der Waals surface area contributed by atoms with Gasteiger partial charge in [-0.2, -0.15) is 0 Å². The van der Waals surface area contributed by atoms with Crippen LogP contribution < -0.4 is 10.5 Å². The molecule has 0 amide bonds. The second-order valence-electron chi connectivity index (χ2n) is 5.18. The van der Waals surface area contributed by atoms with E-state index in [1.165, 1.54) is 44.9 Å². The van der Waals surface area contributed by atoms with Crippen molar-refractivity contribution in [2.24, 2.45) is 11.1 Å². The topological polar surface area (TPSA) is 72.2 Å². The monoisotopic (exact) mass is 262 g/mol. The summed E-state index contributed by atoms with van der Waals surface area (Å²) in [6.07, 6.45) is 8.83. The predicted molar refractivity (Wildman–Crippen MR) is 71.2 cm³/mol. The molecule has 1 aliphatic rings. The first kappa shape index (κ1) is 14.9. The van der Waals surface area contributed by atoms with Crippen molar-refractivity contribution < 1.29 is 8.42 Å². The van der Waals surface area contributed by atoms with Crippen molar-refractivity contribution in [1.29, 1.82) is 0 Å². The van der Waals surface area contributed by atoms with E-state index < -0.39 is 10.0 Å². The molecule has 17 heavy (non-hydrogen) atoms. The zero-order valence-electron chi connectivity index (χ0n) is 10.8. The van der Waals surface area contributed by atoms with E-state index in [4.69, 9.17) is 5.14 Å². The maximum atomic E-state index is 10.8. The highest BCUT2D eigenvalue weighted by Crippen LogP contribution is 2.26. The quantitative estimate of drug-likeness (QED) is 0.714. The number of nitrogens with one attached hydrogen (secondary N) is 1. The fraction of sp³-hybridized carbons (Fsp3) is 1.00. The van der Waals surface area contributed by atoms with Crippen LogP contribution in [-0.4, -0.2) is 26.8 Å². The summed E-state index contributed by atoms with van der Waals surface area (Å²) >= 11 is 0. The molecule has 0 aromatic carbocycles. The average molecular weight is 262 g/mol. The van der Waals surface area contributed by atoms with E-state index in [2.05, 4.69) is 12.2 Å². The van der Waals surface area contributed by atoms with Gasteiger partial charge in [-0.15, -0.1) is 0 Å². The maximum absolute atomic E-state index is 10.8. The Morgan fingerprint density at radius 2 is 2.00 bits per heavy atom. The molecule has 2 unspecified atom stereocenters. The SMILES string of the molecule is CCCC1CCCC(NCCS(N)(=O)=O)CC1. The summed E-state index contributed by atoms with van der Waals surface area (Å²) in [5.41, 5.74) is 0. The van der Waals surface area contributed by atoms with E-state index in [0.29, 0.717) is 12.6 Å². The van der Waals surface area contributed by atoms with Gasteiger partial charge >= 0.3 is 0 Å². The fourth-order valence-electron chi connectivity index (χ4n) is 2.68. The highest BCUT2D eigenvalue weighted by atomic mass is 32.2. The van der Waals surface area contributed by atoms with Crippen molar-refractivity contribution in [3.63, 3.8) is 0 Å². The first-order valence-electron chi connectivity index (χ1n) is 6.75. The second kappa shape index (κ2) is 7.34. The van der Waals surface area contributed by atoms with E-state index in [-0.39, 0.29) is 5.75 Å². The molecule has 3 N–H and O–H groups in total. The molecule has 1 fully saturated rings. The number of rotatable bonds is 6. The number of nitrogens with two attached hydrogens (primary N) is 1. The number of sulfonamides is 1. The first-order valence-corrected chi connectivity index (χ1v) is 8.46. The van der Waals surface area contributed by atoms with E-state index in [0.717, 1.165) is 5.92 Å². The van der Waals surface area contributed by atoms with E-state index in [9.17, 15) is 8.42 Å². The summed E-state index contributed by atoms with van der Waals surface area (Å²) in [4.78, 5) is 0. The van der Waals surface area contributed by atoms with Gasteiger partial charge < -0.3 is 5.32 Å². The van der Waals surface area contributed by atoms with Gasteiger partial charge in [-0.05, 0) is 25.2 Å². The summed E-state index contributed by atoms with van der Waals surface area (Å²) in [7, 11) is -3.32. The van der Waals surface area contributed by atoms with Crippen LogP contribution in [-0.2, 0) is 10.0 Å². The molecule has 1 rings (SSSR count). The molecular formula is C12H26N2O2S. The molecule has 0 aromatic rings. The number of hydrogen-bond acceptors (Lipinski definition) is 3. The summed E-state index contributed by atoms with van der Waals surface area (Å²) in [6, 6.07) is 0.485. The Kier molecular flexibility index (Phi) is 6.44. The van der Waals surface area contributed by atoms with E-state index in [1.54, 1.807) is 0 Å². The van der Waals surface area contributed by atoms with Crippen LogP contribution in [0.1, 0.15) is 51.9 Å². The standard InChI is InChI=1S/C12H26N2O2S/c1-2-4-11-5-3-6-12(8-7-11)14-9-10-17(13,15)16/h11-12,14H,2-10H2,1H3,(H2,13,15,16). The van der Waals surface area contributed by atoms with Crippen LogP contribution in [0.5, 0.6) is 0 Å².